The van der Waals surface area contributed by atoms with Gasteiger partial charge in [0, 0.05) is 6.54 Å². The zero-order valence-electron chi connectivity index (χ0n) is 11.0. The molecule has 0 atom stereocenters. The highest BCUT2D eigenvalue weighted by atomic mass is 79.9. The van der Waals surface area contributed by atoms with Crippen LogP contribution in [0.1, 0.15) is 11.1 Å². The molecule has 106 valence electrons. The van der Waals surface area contributed by atoms with Gasteiger partial charge in [0.15, 0.2) is 0 Å². The van der Waals surface area contributed by atoms with Crippen molar-refractivity contribution in [3.05, 3.63) is 56.5 Å². The lowest BCUT2D eigenvalue weighted by Gasteiger charge is -2.12. The highest BCUT2D eigenvalue weighted by Gasteiger charge is 2.09. The lowest BCUT2D eigenvalue weighted by atomic mass is 10.2. The predicted molar refractivity (Wildman–Crippen MR) is 87.1 cm³/mol. The molecule has 0 bridgehead atoms. The summed E-state index contributed by atoms with van der Waals surface area (Å²) in [5, 5.41) is 0. The van der Waals surface area contributed by atoms with Gasteiger partial charge < -0.3 is 15.2 Å². The van der Waals surface area contributed by atoms with E-state index in [1.54, 1.807) is 7.11 Å². The van der Waals surface area contributed by atoms with Crippen LogP contribution in [0.25, 0.3) is 0 Å². The summed E-state index contributed by atoms with van der Waals surface area (Å²) in [6, 6.07) is 11.7. The van der Waals surface area contributed by atoms with Crippen LogP contribution in [0.3, 0.4) is 0 Å². The fraction of sp³-hybridized carbons (Fsp3) is 0.200. The Morgan fingerprint density at radius 2 is 1.75 bits per heavy atom. The van der Waals surface area contributed by atoms with Gasteiger partial charge in [-0.15, -0.1) is 0 Å². The van der Waals surface area contributed by atoms with Crippen LogP contribution in [0.15, 0.2) is 45.3 Å². The third kappa shape index (κ3) is 3.75. The van der Waals surface area contributed by atoms with Crippen LogP contribution in [0.4, 0.5) is 0 Å². The Morgan fingerprint density at radius 1 is 1.05 bits per heavy atom. The van der Waals surface area contributed by atoms with E-state index in [4.69, 9.17) is 15.2 Å². The number of nitrogens with two attached hydrogens (primary N) is 1. The van der Waals surface area contributed by atoms with Crippen LogP contribution in [0.2, 0.25) is 0 Å². The molecule has 0 fully saturated rings. The summed E-state index contributed by atoms with van der Waals surface area (Å²) < 4.78 is 12.8. The molecule has 3 nitrogen and oxygen atoms in total. The minimum atomic E-state index is 0.469. The SMILES string of the molecule is COc1cccc(COc2c(Br)cc(CN)cc2Br)c1. The van der Waals surface area contributed by atoms with Crippen molar-refractivity contribution >= 4 is 31.9 Å². The van der Waals surface area contributed by atoms with Crippen LogP contribution in [-0.4, -0.2) is 7.11 Å². The van der Waals surface area contributed by atoms with E-state index in [2.05, 4.69) is 31.9 Å². The van der Waals surface area contributed by atoms with Crippen molar-refractivity contribution in [2.24, 2.45) is 5.73 Å². The topological polar surface area (TPSA) is 44.5 Å². The Morgan fingerprint density at radius 3 is 2.35 bits per heavy atom. The smallest absolute Gasteiger partial charge is 0.148 e. The summed E-state index contributed by atoms with van der Waals surface area (Å²) in [4.78, 5) is 0. The highest BCUT2D eigenvalue weighted by molar-refractivity contribution is 9.11. The maximum atomic E-state index is 5.86. The Balaban J connectivity index is 2.14. The molecule has 5 heteroatoms. The molecule has 2 aromatic carbocycles. The number of hydrogen-bond donors (Lipinski definition) is 1. The van der Waals surface area contributed by atoms with Gasteiger partial charge in [0.2, 0.25) is 0 Å². The standard InChI is InChI=1S/C15H15Br2NO2/c1-19-12-4-2-3-10(5-12)9-20-15-13(16)6-11(8-18)7-14(15)17/h2-7H,8-9,18H2,1H3. The van der Waals surface area contributed by atoms with E-state index in [0.717, 1.165) is 31.6 Å². The van der Waals surface area contributed by atoms with Crippen molar-refractivity contribution in [3.63, 3.8) is 0 Å². The summed E-state index contributed by atoms with van der Waals surface area (Å²) in [5.74, 6) is 1.59. The van der Waals surface area contributed by atoms with E-state index in [9.17, 15) is 0 Å². The maximum Gasteiger partial charge on any atom is 0.148 e. The van der Waals surface area contributed by atoms with Gasteiger partial charge >= 0.3 is 0 Å². The number of ether oxygens (including phenoxy) is 2. The molecule has 20 heavy (non-hydrogen) atoms. The van der Waals surface area contributed by atoms with Crippen molar-refractivity contribution in [3.8, 4) is 11.5 Å². The largest absolute Gasteiger partial charge is 0.497 e. The summed E-state index contributed by atoms with van der Waals surface area (Å²) >= 11 is 7.01. The van der Waals surface area contributed by atoms with Crippen molar-refractivity contribution < 1.29 is 9.47 Å². The first-order valence-corrected chi connectivity index (χ1v) is 7.66. The molecule has 0 amide bonds. The second-order valence-electron chi connectivity index (χ2n) is 4.23. The number of halogens is 2. The molecule has 0 aliphatic carbocycles. The molecule has 0 radical (unpaired) electrons. The Kier molecular flexibility index (Phi) is 5.46. The summed E-state index contributed by atoms with van der Waals surface area (Å²) in [6.07, 6.45) is 0. The van der Waals surface area contributed by atoms with E-state index < -0.39 is 0 Å². The van der Waals surface area contributed by atoms with E-state index in [-0.39, 0.29) is 0 Å². The Hall–Kier alpha value is -1.04. The molecule has 2 aromatic rings. The zero-order chi connectivity index (χ0) is 14.5. The number of rotatable bonds is 5. The second kappa shape index (κ2) is 7.11. The van der Waals surface area contributed by atoms with E-state index in [0.29, 0.717) is 13.2 Å². The molecule has 0 aliphatic rings. The van der Waals surface area contributed by atoms with Gasteiger partial charge in [0.1, 0.15) is 18.1 Å². The quantitative estimate of drug-likeness (QED) is 0.815. The minimum Gasteiger partial charge on any atom is -0.497 e. The molecule has 0 saturated heterocycles. The first kappa shape index (κ1) is 15.4. The van der Waals surface area contributed by atoms with Crippen molar-refractivity contribution in [2.75, 3.05) is 7.11 Å². The Labute approximate surface area is 135 Å². The van der Waals surface area contributed by atoms with Crippen LogP contribution in [0.5, 0.6) is 11.5 Å². The van der Waals surface area contributed by atoms with Gasteiger partial charge in [0.25, 0.3) is 0 Å². The fourth-order valence-electron chi connectivity index (χ4n) is 1.79. The third-order valence-corrected chi connectivity index (χ3v) is 3.99. The molecule has 0 saturated carbocycles. The van der Waals surface area contributed by atoms with Gasteiger partial charge in [-0.1, -0.05) is 12.1 Å². The first-order chi connectivity index (χ1) is 9.63. The molecule has 0 aromatic heterocycles. The molecule has 0 unspecified atom stereocenters. The van der Waals surface area contributed by atoms with Gasteiger partial charge in [0.05, 0.1) is 16.1 Å². The van der Waals surface area contributed by atoms with Crippen molar-refractivity contribution in [1.82, 2.24) is 0 Å². The molecule has 2 N–H and O–H groups in total. The number of benzene rings is 2. The number of hydrogen-bond acceptors (Lipinski definition) is 3. The maximum absolute atomic E-state index is 5.86. The van der Waals surface area contributed by atoms with Crippen LogP contribution >= 0.6 is 31.9 Å². The van der Waals surface area contributed by atoms with E-state index in [1.807, 2.05) is 36.4 Å². The van der Waals surface area contributed by atoms with E-state index >= 15 is 0 Å². The molecular weight excluding hydrogens is 386 g/mol. The molecule has 0 spiro atoms. The highest BCUT2D eigenvalue weighted by Crippen LogP contribution is 2.35. The zero-order valence-corrected chi connectivity index (χ0v) is 14.2. The first-order valence-electron chi connectivity index (χ1n) is 6.07. The molecule has 0 aliphatic heterocycles. The molecular formula is C15H15Br2NO2. The van der Waals surface area contributed by atoms with Gasteiger partial charge in [-0.2, -0.15) is 0 Å². The minimum absolute atomic E-state index is 0.469. The lowest BCUT2D eigenvalue weighted by Crippen LogP contribution is -2.00. The van der Waals surface area contributed by atoms with Gasteiger partial charge in [-0.3, -0.25) is 0 Å². The lowest BCUT2D eigenvalue weighted by molar-refractivity contribution is 0.301. The van der Waals surface area contributed by atoms with Crippen molar-refractivity contribution in [2.45, 2.75) is 13.2 Å². The number of methoxy groups -OCH3 is 1. The average molecular weight is 401 g/mol. The predicted octanol–water partition coefficient (Wildman–Crippen LogP) is 4.26. The monoisotopic (exact) mass is 399 g/mol. The van der Waals surface area contributed by atoms with Crippen LogP contribution < -0.4 is 15.2 Å². The summed E-state index contributed by atoms with van der Waals surface area (Å²) in [7, 11) is 1.65. The normalized spacial score (nSPS) is 10.4. The Bertz CT molecular complexity index is 579. The van der Waals surface area contributed by atoms with Gasteiger partial charge in [-0.25, -0.2) is 0 Å². The van der Waals surface area contributed by atoms with Crippen LogP contribution in [0, 0.1) is 0 Å². The summed E-state index contributed by atoms with van der Waals surface area (Å²) in [6.45, 7) is 0.962. The fourth-order valence-corrected chi connectivity index (χ4v) is 3.30. The molecule has 2 rings (SSSR count). The van der Waals surface area contributed by atoms with Crippen molar-refractivity contribution in [1.29, 1.82) is 0 Å². The van der Waals surface area contributed by atoms with E-state index in [1.165, 1.54) is 0 Å². The van der Waals surface area contributed by atoms with Crippen LogP contribution in [-0.2, 0) is 13.2 Å². The third-order valence-electron chi connectivity index (χ3n) is 2.81. The average Bonchev–Trinajstić information content (AvgIpc) is 2.46. The van der Waals surface area contributed by atoms with Gasteiger partial charge in [-0.05, 0) is 67.3 Å². The second-order valence-corrected chi connectivity index (χ2v) is 5.94. The summed E-state index contributed by atoms with van der Waals surface area (Å²) in [5.41, 5.74) is 7.72. The molecule has 0 heterocycles.